The number of hydrogen-bond donors (Lipinski definition) is 1. The predicted octanol–water partition coefficient (Wildman–Crippen LogP) is 4.24. The largest absolute Gasteiger partial charge is 0.352 e. The third kappa shape index (κ3) is 6.87. The lowest BCUT2D eigenvalue weighted by atomic mass is 10.1. The summed E-state index contributed by atoms with van der Waals surface area (Å²) in [5, 5.41) is 3.13. The lowest BCUT2D eigenvalue weighted by molar-refractivity contribution is -0.140. The summed E-state index contributed by atoms with van der Waals surface area (Å²) in [7, 11) is -3.75. The van der Waals surface area contributed by atoms with E-state index < -0.39 is 22.0 Å². The maximum absolute atomic E-state index is 13.8. The topological polar surface area (TPSA) is 86.8 Å². The molecular weight excluding hydrogens is 474 g/mol. The van der Waals surface area contributed by atoms with Gasteiger partial charge in [-0.1, -0.05) is 61.7 Å². The van der Waals surface area contributed by atoms with Crippen molar-refractivity contribution in [2.75, 3.05) is 17.1 Å². The number of carbonyl (C=O) groups is 2. The summed E-state index contributed by atoms with van der Waals surface area (Å²) >= 11 is 0. The SMILES string of the molecule is CCC(C(=O)NC1CCCC1)N(Cc1ccccc1C)C(=O)CN(c1ccc(C)cc1C)S(C)(=O)=O. The van der Waals surface area contributed by atoms with Gasteiger partial charge in [0, 0.05) is 12.6 Å². The van der Waals surface area contributed by atoms with Crippen molar-refractivity contribution in [3.05, 3.63) is 64.7 Å². The van der Waals surface area contributed by atoms with Gasteiger partial charge in [-0.3, -0.25) is 13.9 Å². The minimum atomic E-state index is -3.75. The molecule has 0 aromatic heterocycles. The molecule has 1 aliphatic carbocycles. The summed E-state index contributed by atoms with van der Waals surface area (Å²) in [5.74, 6) is -0.583. The number of aryl methyl sites for hydroxylation is 3. The summed E-state index contributed by atoms with van der Waals surface area (Å²) in [6.07, 6.45) is 5.61. The third-order valence-electron chi connectivity index (χ3n) is 6.99. The van der Waals surface area contributed by atoms with E-state index in [-0.39, 0.29) is 25.0 Å². The second-order valence-corrected chi connectivity index (χ2v) is 11.8. The number of carbonyl (C=O) groups excluding carboxylic acids is 2. The van der Waals surface area contributed by atoms with Crippen LogP contribution in [0.1, 0.15) is 61.3 Å². The van der Waals surface area contributed by atoms with Gasteiger partial charge in [0.05, 0.1) is 11.9 Å². The molecule has 8 heteroatoms. The normalized spacial score (nSPS) is 14.9. The second kappa shape index (κ2) is 11.9. The minimum Gasteiger partial charge on any atom is -0.352 e. The molecule has 1 saturated carbocycles. The maximum Gasteiger partial charge on any atom is 0.244 e. The van der Waals surface area contributed by atoms with E-state index in [1.165, 1.54) is 0 Å². The Morgan fingerprint density at radius 1 is 1.03 bits per heavy atom. The Kier molecular flexibility index (Phi) is 9.17. The van der Waals surface area contributed by atoms with Crippen molar-refractivity contribution in [3.8, 4) is 0 Å². The van der Waals surface area contributed by atoms with Crippen LogP contribution in [0, 0.1) is 20.8 Å². The standard InChI is InChI=1S/C28H39N3O4S/c1-6-25(28(33)29-24-13-9-10-14-24)30(18-23-12-8-7-11-21(23)3)27(32)19-31(36(5,34)35)26-16-15-20(2)17-22(26)4/h7-8,11-12,15-17,24-25H,6,9-10,13-14,18-19H2,1-5H3,(H,29,33). The molecule has 2 amide bonds. The summed E-state index contributed by atoms with van der Waals surface area (Å²) in [6, 6.07) is 12.6. The van der Waals surface area contributed by atoms with Gasteiger partial charge in [0.2, 0.25) is 21.8 Å². The van der Waals surface area contributed by atoms with Crippen molar-refractivity contribution < 1.29 is 18.0 Å². The van der Waals surface area contributed by atoms with Crippen molar-refractivity contribution in [3.63, 3.8) is 0 Å². The summed E-state index contributed by atoms with van der Waals surface area (Å²) in [6.45, 7) is 7.48. The average Bonchev–Trinajstić information content (AvgIpc) is 3.31. The monoisotopic (exact) mass is 513 g/mol. The molecule has 3 rings (SSSR count). The zero-order valence-corrected chi connectivity index (χ0v) is 22.9. The Morgan fingerprint density at radius 2 is 1.69 bits per heavy atom. The second-order valence-electron chi connectivity index (χ2n) is 9.92. The molecule has 0 bridgehead atoms. The molecule has 2 aromatic rings. The zero-order chi connectivity index (χ0) is 26.5. The zero-order valence-electron chi connectivity index (χ0n) is 22.1. The maximum atomic E-state index is 13.8. The van der Waals surface area contributed by atoms with Crippen LogP contribution < -0.4 is 9.62 Å². The molecule has 1 fully saturated rings. The van der Waals surface area contributed by atoms with Gasteiger partial charge in [-0.05, 0) is 62.8 Å². The Hall–Kier alpha value is -2.87. The van der Waals surface area contributed by atoms with Gasteiger partial charge < -0.3 is 10.2 Å². The van der Waals surface area contributed by atoms with Crippen LogP contribution in [0.15, 0.2) is 42.5 Å². The summed E-state index contributed by atoms with van der Waals surface area (Å²) < 4.78 is 26.8. The van der Waals surface area contributed by atoms with Crippen LogP contribution in [0.3, 0.4) is 0 Å². The first-order valence-corrected chi connectivity index (χ1v) is 14.6. The first-order valence-electron chi connectivity index (χ1n) is 12.7. The number of hydrogen-bond acceptors (Lipinski definition) is 4. The summed E-state index contributed by atoms with van der Waals surface area (Å²) in [4.78, 5) is 28.8. The lowest BCUT2D eigenvalue weighted by Crippen LogP contribution is -2.53. The van der Waals surface area contributed by atoms with Crippen LogP contribution >= 0.6 is 0 Å². The molecular formula is C28H39N3O4S. The minimum absolute atomic E-state index is 0.129. The molecule has 7 nitrogen and oxygen atoms in total. The van der Waals surface area contributed by atoms with Gasteiger partial charge in [0.1, 0.15) is 12.6 Å². The number of anilines is 1. The van der Waals surface area contributed by atoms with Gasteiger partial charge in [0.25, 0.3) is 0 Å². The number of sulfonamides is 1. The lowest BCUT2D eigenvalue weighted by Gasteiger charge is -2.34. The highest BCUT2D eigenvalue weighted by atomic mass is 32.2. The van der Waals surface area contributed by atoms with E-state index in [1.807, 2.05) is 64.1 Å². The molecule has 0 saturated heterocycles. The van der Waals surface area contributed by atoms with Crippen molar-refractivity contribution in [2.45, 2.75) is 78.4 Å². The predicted molar refractivity (Wildman–Crippen MR) is 144 cm³/mol. The molecule has 0 spiro atoms. The fourth-order valence-electron chi connectivity index (χ4n) is 4.94. The molecule has 196 valence electrons. The van der Waals surface area contributed by atoms with Crippen molar-refractivity contribution in [1.29, 1.82) is 0 Å². The fraction of sp³-hybridized carbons (Fsp3) is 0.500. The number of benzene rings is 2. The van der Waals surface area contributed by atoms with E-state index in [1.54, 1.807) is 11.0 Å². The Labute approximate surface area is 215 Å². The molecule has 1 aliphatic rings. The third-order valence-corrected chi connectivity index (χ3v) is 8.12. The molecule has 1 atom stereocenters. The molecule has 0 heterocycles. The van der Waals surface area contributed by atoms with Crippen molar-refractivity contribution >= 4 is 27.5 Å². The Balaban J connectivity index is 1.95. The van der Waals surface area contributed by atoms with Crippen LogP contribution in [-0.4, -0.2) is 50.0 Å². The van der Waals surface area contributed by atoms with E-state index >= 15 is 0 Å². The van der Waals surface area contributed by atoms with Gasteiger partial charge in [-0.25, -0.2) is 8.42 Å². The number of rotatable bonds is 10. The van der Waals surface area contributed by atoms with E-state index in [9.17, 15) is 18.0 Å². The van der Waals surface area contributed by atoms with Gasteiger partial charge >= 0.3 is 0 Å². The molecule has 2 aromatic carbocycles. The first kappa shape index (κ1) is 27.7. The molecule has 36 heavy (non-hydrogen) atoms. The molecule has 1 unspecified atom stereocenters. The molecule has 0 radical (unpaired) electrons. The summed E-state index contributed by atoms with van der Waals surface area (Å²) in [5.41, 5.74) is 4.18. The highest BCUT2D eigenvalue weighted by Crippen LogP contribution is 2.25. The quantitative estimate of drug-likeness (QED) is 0.515. The number of nitrogens with one attached hydrogen (secondary N) is 1. The van der Waals surface area contributed by atoms with Crippen LogP contribution in [-0.2, 0) is 26.2 Å². The number of amides is 2. The van der Waals surface area contributed by atoms with Crippen LogP contribution in [0.2, 0.25) is 0 Å². The van der Waals surface area contributed by atoms with Crippen LogP contribution in [0.25, 0.3) is 0 Å². The van der Waals surface area contributed by atoms with E-state index in [0.717, 1.165) is 58.5 Å². The van der Waals surface area contributed by atoms with E-state index in [2.05, 4.69) is 5.32 Å². The van der Waals surface area contributed by atoms with Crippen molar-refractivity contribution in [2.24, 2.45) is 0 Å². The fourth-order valence-corrected chi connectivity index (χ4v) is 5.85. The molecule has 0 aliphatic heterocycles. The van der Waals surface area contributed by atoms with Crippen LogP contribution in [0.5, 0.6) is 0 Å². The van der Waals surface area contributed by atoms with Gasteiger partial charge in [-0.2, -0.15) is 0 Å². The Morgan fingerprint density at radius 3 is 2.28 bits per heavy atom. The van der Waals surface area contributed by atoms with Gasteiger partial charge in [0.15, 0.2) is 0 Å². The Bertz CT molecular complexity index is 1190. The highest BCUT2D eigenvalue weighted by molar-refractivity contribution is 7.92. The highest BCUT2D eigenvalue weighted by Gasteiger charge is 2.33. The smallest absolute Gasteiger partial charge is 0.244 e. The van der Waals surface area contributed by atoms with E-state index in [0.29, 0.717) is 12.1 Å². The molecule has 1 N–H and O–H groups in total. The van der Waals surface area contributed by atoms with Crippen LogP contribution in [0.4, 0.5) is 5.69 Å². The van der Waals surface area contributed by atoms with Gasteiger partial charge in [-0.15, -0.1) is 0 Å². The number of nitrogens with zero attached hydrogens (tertiary/aromatic N) is 2. The first-order chi connectivity index (χ1) is 17.0. The average molecular weight is 514 g/mol. The van der Waals surface area contributed by atoms with E-state index in [4.69, 9.17) is 0 Å². The van der Waals surface area contributed by atoms with Crippen molar-refractivity contribution in [1.82, 2.24) is 10.2 Å².